The lowest BCUT2D eigenvalue weighted by Gasteiger charge is -2.07. The van der Waals surface area contributed by atoms with E-state index in [2.05, 4.69) is 10.9 Å². The fourth-order valence-corrected chi connectivity index (χ4v) is 0.596. The van der Waals surface area contributed by atoms with Gasteiger partial charge in [-0.15, -0.1) is 0 Å². The van der Waals surface area contributed by atoms with Gasteiger partial charge in [-0.3, -0.25) is 0 Å². The van der Waals surface area contributed by atoms with Crippen molar-refractivity contribution in [1.29, 1.82) is 0 Å². The Labute approximate surface area is 66.0 Å². The monoisotopic (exact) mass is 162 g/mol. The minimum atomic E-state index is -0.531. The molecule has 0 spiro atoms. The highest BCUT2D eigenvalue weighted by molar-refractivity contribution is 6.15. The molecule has 0 aliphatic heterocycles. The highest BCUT2D eigenvalue weighted by Crippen LogP contribution is 2.13. The Morgan fingerprint density at radius 1 is 1.80 bits per heavy atom. The lowest BCUT2D eigenvalue weighted by atomic mass is 10.0. The Balaban J connectivity index is 3.95. The van der Waals surface area contributed by atoms with Gasteiger partial charge in [0.2, 0.25) is 0 Å². The normalized spacial score (nSPS) is 12.3. The molecule has 0 bridgehead atoms. The fraction of sp³-hybridized carbons (Fsp3) is 0.571. The van der Waals surface area contributed by atoms with Crippen molar-refractivity contribution in [2.45, 2.75) is 20.3 Å². The molecule has 3 heteroatoms. The largest absolute Gasteiger partial charge is 0.351 e. The average Bonchev–Trinajstić information content (AvgIpc) is 2.00. The van der Waals surface area contributed by atoms with Crippen LogP contribution in [-0.4, -0.2) is 5.97 Å². The summed E-state index contributed by atoms with van der Waals surface area (Å²) in [4.78, 5) is 10.7. The summed E-state index contributed by atoms with van der Waals surface area (Å²) in [6.07, 6.45) is 0.866. The Morgan fingerprint density at radius 3 is 2.60 bits per heavy atom. The minimum Gasteiger partial charge on any atom is -0.343 e. The molecule has 0 saturated carbocycles. The van der Waals surface area contributed by atoms with E-state index in [4.69, 9.17) is 11.9 Å². The van der Waals surface area contributed by atoms with Gasteiger partial charge in [0.1, 0.15) is 11.9 Å². The van der Waals surface area contributed by atoms with Crippen molar-refractivity contribution in [3.8, 4) is 0 Å². The molecule has 0 rings (SSSR count). The summed E-state index contributed by atoms with van der Waals surface area (Å²) in [5.41, 5.74) is 0.428. The molecule has 0 heterocycles. The Bertz CT molecular complexity index is 143. The number of carbonyl (C=O) groups is 1. The van der Waals surface area contributed by atoms with Crippen molar-refractivity contribution < 1.29 is 9.08 Å². The van der Waals surface area contributed by atoms with Crippen molar-refractivity contribution in [1.82, 2.24) is 0 Å². The molecular weight excluding hydrogens is 152 g/mol. The van der Waals surface area contributed by atoms with E-state index in [1.54, 1.807) is 0 Å². The van der Waals surface area contributed by atoms with Crippen LogP contribution in [0.5, 0.6) is 0 Å². The van der Waals surface area contributed by atoms with Crippen LogP contribution in [0.25, 0.3) is 0 Å². The Morgan fingerprint density at radius 2 is 2.30 bits per heavy atom. The number of carbonyl (C=O) groups excluding carboxylic acids is 1. The first-order chi connectivity index (χ1) is 4.63. The summed E-state index contributed by atoms with van der Waals surface area (Å²) < 4.78 is 3.97. The summed E-state index contributed by atoms with van der Waals surface area (Å²) in [5, 5.41) is 0. The third-order valence-corrected chi connectivity index (χ3v) is 1.68. The van der Waals surface area contributed by atoms with Gasteiger partial charge in [-0.2, -0.15) is 0 Å². The lowest BCUT2D eigenvalue weighted by molar-refractivity contribution is -0.130. The van der Waals surface area contributed by atoms with Crippen LogP contribution in [0.2, 0.25) is 0 Å². The van der Waals surface area contributed by atoms with Crippen LogP contribution in [0.15, 0.2) is 12.2 Å². The number of hydrogen-bond donors (Lipinski definition) is 0. The van der Waals surface area contributed by atoms with Gasteiger partial charge in [-0.25, -0.2) is 4.79 Å². The molecule has 1 unspecified atom stereocenters. The minimum absolute atomic E-state index is 0.145. The quantitative estimate of drug-likeness (QED) is 0.596. The predicted molar refractivity (Wildman–Crippen MR) is 40.5 cm³/mol. The molecule has 0 fully saturated rings. The maximum Gasteiger partial charge on any atom is 0.351 e. The highest BCUT2D eigenvalue weighted by atomic mass is 35.5. The lowest BCUT2D eigenvalue weighted by Crippen LogP contribution is -2.08. The topological polar surface area (TPSA) is 26.3 Å². The zero-order valence-corrected chi connectivity index (χ0v) is 6.94. The molecule has 1 atom stereocenters. The summed E-state index contributed by atoms with van der Waals surface area (Å²) in [5.74, 6) is -0.387. The first-order valence-corrected chi connectivity index (χ1v) is 3.46. The number of halogens is 1. The molecule has 0 aromatic heterocycles. The summed E-state index contributed by atoms with van der Waals surface area (Å²) in [7, 11) is 0. The second-order valence-electron chi connectivity index (χ2n) is 2.20. The van der Waals surface area contributed by atoms with Crippen LogP contribution in [-0.2, 0) is 9.08 Å². The van der Waals surface area contributed by atoms with Gasteiger partial charge in [0, 0.05) is 5.57 Å². The van der Waals surface area contributed by atoms with E-state index < -0.39 is 5.97 Å². The van der Waals surface area contributed by atoms with Gasteiger partial charge < -0.3 is 4.29 Å². The van der Waals surface area contributed by atoms with E-state index in [1.165, 1.54) is 0 Å². The van der Waals surface area contributed by atoms with Crippen LogP contribution >= 0.6 is 11.9 Å². The van der Waals surface area contributed by atoms with E-state index in [-0.39, 0.29) is 5.92 Å². The van der Waals surface area contributed by atoms with Crippen LogP contribution in [0.3, 0.4) is 0 Å². The van der Waals surface area contributed by atoms with Gasteiger partial charge in [-0.1, -0.05) is 20.4 Å². The molecule has 0 aliphatic carbocycles. The van der Waals surface area contributed by atoms with Crippen molar-refractivity contribution >= 4 is 17.8 Å². The summed E-state index contributed by atoms with van der Waals surface area (Å²) >= 11 is 4.84. The SMILES string of the molecule is C=C(C(=O)OCl)C(C)CC. The van der Waals surface area contributed by atoms with Crippen LogP contribution in [0, 0.1) is 5.92 Å². The van der Waals surface area contributed by atoms with Crippen molar-refractivity contribution in [2.75, 3.05) is 0 Å². The molecule has 0 saturated heterocycles. The molecule has 0 aliphatic rings. The van der Waals surface area contributed by atoms with E-state index in [0.29, 0.717) is 5.57 Å². The Hall–Kier alpha value is -0.500. The predicted octanol–water partition coefficient (Wildman–Crippen LogP) is 2.29. The van der Waals surface area contributed by atoms with Gasteiger partial charge >= 0.3 is 5.97 Å². The molecule has 0 radical (unpaired) electrons. The van der Waals surface area contributed by atoms with Crippen molar-refractivity contribution in [3.63, 3.8) is 0 Å². The number of rotatable bonds is 3. The molecule has 0 aromatic carbocycles. The molecule has 10 heavy (non-hydrogen) atoms. The molecule has 0 N–H and O–H groups in total. The van der Waals surface area contributed by atoms with E-state index in [9.17, 15) is 4.79 Å². The van der Waals surface area contributed by atoms with Crippen LogP contribution in [0.4, 0.5) is 0 Å². The first kappa shape index (κ1) is 9.50. The van der Waals surface area contributed by atoms with Gasteiger partial charge in [0.05, 0.1) is 0 Å². The highest BCUT2D eigenvalue weighted by Gasteiger charge is 2.13. The van der Waals surface area contributed by atoms with Crippen LogP contribution < -0.4 is 0 Å². The third kappa shape index (κ3) is 2.40. The third-order valence-electron chi connectivity index (χ3n) is 1.54. The molecule has 0 aromatic rings. The molecule has 58 valence electrons. The smallest absolute Gasteiger partial charge is 0.343 e. The first-order valence-electron chi connectivity index (χ1n) is 3.15. The van der Waals surface area contributed by atoms with Gasteiger partial charge in [-0.05, 0) is 12.3 Å². The standard InChI is InChI=1S/C7H11ClO2/c1-4-5(2)6(3)7(9)10-8/h5H,3-4H2,1-2H3. The summed E-state index contributed by atoms with van der Waals surface area (Å²) in [6.45, 7) is 7.41. The van der Waals surface area contributed by atoms with Gasteiger partial charge in [0.25, 0.3) is 0 Å². The van der Waals surface area contributed by atoms with E-state index in [0.717, 1.165) is 6.42 Å². The maximum absolute atomic E-state index is 10.7. The van der Waals surface area contributed by atoms with Crippen molar-refractivity contribution in [2.24, 2.45) is 5.92 Å². The molecule has 2 nitrogen and oxygen atoms in total. The Kier molecular flexibility index (Phi) is 4.12. The maximum atomic E-state index is 10.7. The zero-order valence-electron chi connectivity index (χ0n) is 6.19. The van der Waals surface area contributed by atoms with Gasteiger partial charge in [0.15, 0.2) is 0 Å². The second-order valence-corrected chi connectivity index (χ2v) is 2.35. The molecular formula is C7H11ClO2. The van der Waals surface area contributed by atoms with Crippen molar-refractivity contribution in [3.05, 3.63) is 12.2 Å². The van der Waals surface area contributed by atoms with E-state index in [1.807, 2.05) is 13.8 Å². The zero-order chi connectivity index (χ0) is 8.15. The van der Waals surface area contributed by atoms with E-state index >= 15 is 0 Å². The van der Waals surface area contributed by atoms with Crippen LogP contribution in [0.1, 0.15) is 20.3 Å². The fourth-order valence-electron chi connectivity index (χ4n) is 0.497. The second kappa shape index (κ2) is 4.34. The molecule has 0 amide bonds. The summed E-state index contributed by atoms with van der Waals surface area (Å²) in [6, 6.07) is 0. The average molecular weight is 163 g/mol. The number of hydrogen-bond acceptors (Lipinski definition) is 2.